The van der Waals surface area contributed by atoms with Crippen LogP contribution in [0.4, 0.5) is 0 Å². The molecule has 18 heavy (non-hydrogen) atoms. The fourth-order valence-corrected chi connectivity index (χ4v) is 0. The Balaban J connectivity index is -0.00000000827. The van der Waals surface area contributed by atoms with Gasteiger partial charge < -0.3 is 73.3 Å². The first-order valence-electron chi connectivity index (χ1n) is 1.64. The molecule has 0 spiro atoms. The molecule has 18 heteroatoms. The molecule has 0 fully saturated rings. The largest absolute Gasteiger partial charge is 3.00 e. The van der Waals surface area contributed by atoms with Gasteiger partial charge >= 0.3 is 41.3 Å². The summed E-state index contributed by atoms with van der Waals surface area (Å²) in [4.78, 5) is 24.8. The summed E-state index contributed by atoms with van der Waals surface area (Å²) in [5.41, 5.74) is 0. The van der Waals surface area contributed by atoms with E-state index in [9.17, 15) is 0 Å². The van der Waals surface area contributed by atoms with E-state index in [2.05, 4.69) is 0 Å². The monoisotopic (exact) mass is 417 g/mol. The summed E-state index contributed by atoms with van der Waals surface area (Å²) in [6.45, 7) is 0. The molecule has 0 rings (SSSR count). The molecule has 0 aliphatic heterocycles. The van der Waals surface area contributed by atoms with Crippen LogP contribution in [0.2, 0.25) is 0 Å². The Bertz CT molecular complexity index is 115. The van der Waals surface area contributed by atoms with E-state index in [0.717, 1.165) is 0 Å². The van der Waals surface area contributed by atoms with Crippen molar-refractivity contribution in [3.8, 4) is 0 Å². The minimum Gasteiger partial charge on any atom is -0.412 e. The van der Waals surface area contributed by atoms with Crippen LogP contribution in [0, 0.1) is 87.3 Å². The van der Waals surface area contributed by atoms with Crippen LogP contribution >= 0.6 is 0 Å². The van der Waals surface area contributed by atoms with Crippen molar-refractivity contribution in [2.75, 3.05) is 0 Å². The van der Waals surface area contributed by atoms with E-state index >= 15 is 0 Å². The predicted molar refractivity (Wildman–Crippen MR) is 49.2 cm³/mol. The van der Waals surface area contributed by atoms with Crippen molar-refractivity contribution >= 4 is 0 Å². The minimum absolute atomic E-state index is 0. The van der Waals surface area contributed by atoms with E-state index in [1.54, 1.807) is 0 Å². The van der Waals surface area contributed by atoms with Gasteiger partial charge in [0.1, 0.15) is 0 Å². The standard InChI is InChI=1S/3NO3.5H2O.Pr/c3*2-1(3)4;;;;;;/h;;;5*1H2;/q3*-1;;;;;;+3. The van der Waals surface area contributed by atoms with Crippen molar-refractivity contribution < 1.29 is 83.9 Å². The molecule has 0 saturated heterocycles. The van der Waals surface area contributed by atoms with E-state index in [-0.39, 0.29) is 68.7 Å². The predicted octanol–water partition coefficient (Wildman–Crippen LogP) is -4.84. The average Bonchev–Trinajstić information content (AvgIpc) is 1.54. The van der Waals surface area contributed by atoms with Crippen molar-refractivity contribution in [1.82, 2.24) is 0 Å². The summed E-state index contributed by atoms with van der Waals surface area (Å²) in [6, 6.07) is 0. The fraction of sp³-hybridized carbons (Fsp3) is 0. The SMILES string of the molecule is O.O.O.O.O.O=[N+]([O-])[O-].O=[N+]([O-])[O-].O=[N+]([O-])[O-].[Pr+3]. The zero-order valence-electron chi connectivity index (χ0n) is 8.09. The zero-order valence-corrected chi connectivity index (χ0v) is 11.8. The van der Waals surface area contributed by atoms with Crippen LogP contribution in [-0.2, 0) is 0 Å². The van der Waals surface area contributed by atoms with Crippen LogP contribution in [0.5, 0.6) is 0 Å². The third-order valence-corrected chi connectivity index (χ3v) is 0. The molecule has 17 nitrogen and oxygen atoms in total. The van der Waals surface area contributed by atoms with Gasteiger partial charge in [-0.25, -0.2) is 0 Å². The van der Waals surface area contributed by atoms with Crippen LogP contribution in [-0.4, -0.2) is 42.6 Å². The summed E-state index contributed by atoms with van der Waals surface area (Å²) in [6.07, 6.45) is 0. The normalized spacial score (nSPS) is 4.00. The maximum absolute atomic E-state index is 8.25. The van der Waals surface area contributed by atoms with Gasteiger partial charge in [0.25, 0.3) is 0 Å². The van der Waals surface area contributed by atoms with Gasteiger partial charge in [-0.15, -0.1) is 0 Å². The van der Waals surface area contributed by atoms with E-state index in [0.29, 0.717) is 0 Å². The van der Waals surface area contributed by atoms with Crippen molar-refractivity contribution in [1.29, 1.82) is 0 Å². The van der Waals surface area contributed by atoms with Crippen molar-refractivity contribution in [2.24, 2.45) is 0 Å². The Hall–Kier alpha value is -1.24. The molecule has 0 aliphatic carbocycles. The molecule has 0 aromatic carbocycles. The first-order chi connectivity index (χ1) is 5.20. The smallest absolute Gasteiger partial charge is 0.412 e. The second-order valence-corrected chi connectivity index (χ2v) is 0.671. The Labute approximate surface area is 129 Å². The molecule has 0 amide bonds. The third kappa shape index (κ3) is 1830. The van der Waals surface area contributed by atoms with E-state index in [4.69, 9.17) is 46.0 Å². The summed E-state index contributed by atoms with van der Waals surface area (Å²) in [5.74, 6) is 0. The molecule has 0 aliphatic rings. The molecule has 112 valence electrons. The Morgan fingerprint density at radius 1 is 0.444 bits per heavy atom. The molecule has 0 aromatic rings. The summed E-state index contributed by atoms with van der Waals surface area (Å²) >= 11 is 0. The Morgan fingerprint density at radius 3 is 0.444 bits per heavy atom. The van der Waals surface area contributed by atoms with Gasteiger partial charge in [0.05, 0.1) is 15.3 Å². The van der Waals surface area contributed by atoms with Gasteiger partial charge in [-0.3, -0.25) is 0 Å². The Morgan fingerprint density at radius 2 is 0.444 bits per heavy atom. The molecular formula is H10N3O14Pr. The topological polar surface area (TPSA) is 356 Å². The minimum atomic E-state index is -1.75. The van der Waals surface area contributed by atoms with Gasteiger partial charge in [-0.1, -0.05) is 0 Å². The fourth-order valence-electron chi connectivity index (χ4n) is 0. The third-order valence-electron chi connectivity index (χ3n) is 0. The van der Waals surface area contributed by atoms with Crippen LogP contribution in [0.25, 0.3) is 0 Å². The van der Waals surface area contributed by atoms with Gasteiger partial charge in [0, 0.05) is 0 Å². The van der Waals surface area contributed by atoms with Crippen LogP contribution in [0.15, 0.2) is 0 Å². The van der Waals surface area contributed by atoms with Crippen molar-refractivity contribution in [3.63, 3.8) is 0 Å². The number of hydrogen-bond donors (Lipinski definition) is 0. The summed E-state index contributed by atoms with van der Waals surface area (Å²) in [5, 5.41) is 44.2. The summed E-state index contributed by atoms with van der Waals surface area (Å²) < 4.78 is 0. The van der Waals surface area contributed by atoms with Crippen LogP contribution in [0.1, 0.15) is 0 Å². The molecule has 10 N–H and O–H groups in total. The molecule has 0 radical (unpaired) electrons. The molecule has 0 unspecified atom stereocenters. The molecule has 0 saturated carbocycles. The number of hydrogen-bond acceptors (Lipinski definition) is 9. The van der Waals surface area contributed by atoms with Gasteiger partial charge in [0.2, 0.25) is 0 Å². The quantitative estimate of drug-likeness (QED) is 0.269. The van der Waals surface area contributed by atoms with Crippen molar-refractivity contribution in [3.05, 3.63) is 46.0 Å². The zero-order chi connectivity index (χ0) is 10.7. The number of rotatable bonds is 0. The van der Waals surface area contributed by atoms with Gasteiger partial charge in [-0.05, 0) is 0 Å². The molecule has 0 bridgehead atoms. The maximum Gasteiger partial charge on any atom is 3.00 e. The first kappa shape index (κ1) is 69.1. The van der Waals surface area contributed by atoms with E-state index in [1.807, 2.05) is 0 Å². The second-order valence-electron chi connectivity index (χ2n) is 0.671. The molecule has 0 atom stereocenters. The maximum atomic E-state index is 8.25. The molecule has 0 heterocycles. The molecular weight excluding hydrogens is 407 g/mol. The van der Waals surface area contributed by atoms with Crippen LogP contribution in [0.3, 0.4) is 0 Å². The second kappa shape index (κ2) is 57.0. The van der Waals surface area contributed by atoms with Gasteiger partial charge in [0.15, 0.2) is 0 Å². The average molecular weight is 417 g/mol. The van der Waals surface area contributed by atoms with Crippen LogP contribution < -0.4 is 0 Å². The Kier molecular flexibility index (Phi) is 219. The number of nitrogens with zero attached hydrogens (tertiary/aromatic N) is 3. The van der Waals surface area contributed by atoms with Gasteiger partial charge in [-0.2, -0.15) is 0 Å². The molecule has 0 aromatic heterocycles. The summed E-state index contributed by atoms with van der Waals surface area (Å²) in [7, 11) is 0. The van der Waals surface area contributed by atoms with E-state index in [1.165, 1.54) is 0 Å². The van der Waals surface area contributed by atoms with E-state index < -0.39 is 15.3 Å². The first-order valence-corrected chi connectivity index (χ1v) is 1.64. The van der Waals surface area contributed by atoms with Crippen molar-refractivity contribution in [2.45, 2.75) is 0 Å².